The highest BCUT2D eigenvalue weighted by atomic mass is 16.5. The van der Waals surface area contributed by atoms with Gasteiger partial charge in [-0.1, -0.05) is 12.1 Å². The fourth-order valence-corrected chi connectivity index (χ4v) is 3.33. The Balaban J connectivity index is 1.57. The molecule has 2 saturated heterocycles. The molecule has 0 bridgehead atoms. The quantitative estimate of drug-likeness (QED) is 0.765. The summed E-state index contributed by atoms with van der Waals surface area (Å²) >= 11 is 0. The van der Waals surface area contributed by atoms with Gasteiger partial charge in [-0.05, 0) is 37.5 Å². The molecule has 24 heavy (non-hydrogen) atoms. The molecular weight excluding hydrogens is 306 g/mol. The number of aliphatic hydroxyl groups excluding tert-OH is 1. The third kappa shape index (κ3) is 4.54. The minimum absolute atomic E-state index is 0.0551. The van der Waals surface area contributed by atoms with Gasteiger partial charge in [0, 0.05) is 31.9 Å². The van der Waals surface area contributed by atoms with Crippen LogP contribution in [0.3, 0.4) is 0 Å². The van der Waals surface area contributed by atoms with Crippen molar-refractivity contribution in [2.45, 2.75) is 44.6 Å². The zero-order valence-electron chi connectivity index (χ0n) is 14.2. The average Bonchev–Trinajstić information content (AvgIpc) is 2.58. The molecule has 6 nitrogen and oxygen atoms in total. The topological polar surface area (TPSA) is 73.8 Å². The van der Waals surface area contributed by atoms with Crippen molar-refractivity contribution < 1.29 is 14.6 Å². The zero-order valence-corrected chi connectivity index (χ0v) is 14.2. The first-order valence-electron chi connectivity index (χ1n) is 8.77. The molecule has 0 unspecified atom stereocenters. The van der Waals surface area contributed by atoms with Crippen molar-refractivity contribution in [3.05, 3.63) is 29.8 Å². The molecule has 0 aromatic heterocycles. The molecule has 0 spiro atoms. The van der Waals surface area contributed by atoms with E-state index in [1.165, 1.54) is 5.56 Å². The second-order valence-electron chi connectivity index (χ2n) is 6.70. The fraction of sp³-hybridized carbons (Fsp3) is 0.611. The Morgan fingerprint density at radius 2 is 2.21 bits per heavy atom. The van der Waals surface area contributed by atoms with Crippen molar-refractivity contribution in [2.24, 2.45) is 0 Å². The van der Waals surface area contributed by atoms with Gasteiger partial charge in [0.1, 0.15) is 6.04 Å². The Morgan fingerprint density at radius 1 is 1.42 bits per heavy atom. The number of anilines is 1. The SMILES string of the molecule is C[C@H]1OCCN[C@@H]1C(=O)Nc1cccc(CN2CCC(O)CC2)c1. The predicted molar refractivity (Wildman–Crippen MR) is 92.8 cm³/mol. The highest BCUT2D eigenvalue weighted by molar-refractivity contribution is 5.95. The fourth-order valence-electron chi connectivity index (χ4n) is 3.33. The maximum Gasteiger partial charge on any atom is 0.244 e. The van der Waals surface area contributed by atoms with E-state index in [1.807, 2.05) is 25.1 Å². The smallest absolute Gasteiger partial charge is 0.244 e. The van der Waals surface area contributed by atoms with Gasteiger partial charge in [-0.25, -0.2) is 0 Å². The summed E-state index contributed by atoms with van der Waals surface area (Å²) in [6, 6.07) is 7.67. The predicted octanol–water partition coefficient (Wildman–Crippen LogP) is 0.959. The second-order valence-corrected chi connectivity index (χ2v) is 6.70. The number of hydrogen-bond acceptors (Lipinski definition) is 5. The molecule has 6 heteroatoms. The molecule has 1 aromatic carbocycles. The van der Waals surface area contributed by atoms with Crippen LogP contribution in [0.15, 0.2) is 24.3 Å². The van der Waals surface area contributed by atoms with Crippen molar-refractivity contribution in [2.75, 3.05) is 31.6 Å². The van der Waals surface area contributed by atoms with E-state index in [2.05, 4.69) is 21.6 Å². The van der Waals surface area contributed by atoms with Crippen molar-refractivity contribution in [3.63, 3.8) is 0 Å². The summed E-state index contributed by atoms with van der Waals surface area (Å²) in [5.41, 5.74) is 1.99. The number of benzene rings is 1. The summed E-state index contributed by atoms with van der Waals surface area (Å²) in [5, 5.41) is 15.8. The average molecular weight is 333 g/mol. The number of nitrogens with zero attached hydrogens (tertiary/aromatic N) is 1. The maximum absolute atomic E-state index is 12.4. The van der Waals surface area contributed by atoms with Crippen LogP contribution in [0.4, 0.5) is 5.69 Å². The number of amides is 1. The van der Waals surface area contributed by atoms with Crippen molar-refractivity contribution in [1.82, 2.24) is 10.2 Å². The number of hydrogen-bond donors (Lipinski definition) is 3. The van der Waals surface area contributed by atoms with E-state index >= 15 is 0 Å². The lowest BCUT2D eigenvalue weighted by Crippen LogP contribution is -2.53. The molecule has 0 saturated carbocycles. The first-order chi connectivity index (χ1) is 11.6. The normalized spacial score (nSPS) is 26.2. The number of nitrogens with one attached hydrogen (secondary N) is 2. The zero-order chi connectivity index (χ0) is 16.9. The van der Waals surface area contributed by atoms with Gasteiger partial charge in [-0.2, -0.15) is 0 Å². The Morgan fingerprint density at radius 3 is 2.96 bits per heavy atom. The Labute approximate surface area is 143 Å². The van der Waals surface area contributed by atoms with Crippen LogP contribution in [0.25, 0.3) is 0 Å². The minimum atomic E-state index is -0.314. The number of carbonyl (C=O) groups excluding carboxylic acids is 1. The largest absolute Gasteiger partial charge is 0.393 e. The van der Waals surface area contributed by atoms with E-state index in [1.54, 1.807) is 0 Å². The number of piperidine rings is 1. The van der Waals surface area contributed by atoms with Crippen LogP contribution in [-0.2, 0) is 16.1 Å². The van der Waals surface area contributed by atoms with Gasteiger partial charge in [0.2, 0.25) is 5.91 Å². The lowest BCUT2D eigenvalue weighted by Gasteiger charge is -2.30. The number of morpholine rings is 1. The van der Waals surface area contributed by atoms with Gasteiger partial charge < -0.3 is 20.5 Å². The lowest BCUT2D eigenvalue weighted by molar-refractivity contribution is -0.123. The van der Waals surface area contributed by atoms with Gasteiger partial charge in [0.05, 0.1) is 18.8 Å². The van der Waals surface area contributed by atoms with Gasteiger partial charge >= 0.3 is 0 Å². The van der Waals surface area contributed by atoms with Crippen molar-refractivity contribution >= 4 is 11.6 Å². The molecule has 2 atom stereocenters. The molecule has 3 rings (SSSR count). The van der Waals surface area contributed by atoms with Crippen molar-refractivity contribution in [3.8, 4) is 0 Å². The molecule has 2 heterocycles. The molecule has 0 radical (unpaired) electrons. The van der Waals surface area contributed by atoms with Crippen LogP contribution >= 0.6 is 0 Å². The highest BCUT2D eigenvalue weighted by Gasteiger charge is 2.28. The molecule has 2 aliphatic heterocycles. The molecule has 1 aromatic rings. The van der Waals surface area contributed by atoms with E-state index in [4.69, 9.17) is 4.74 Å². The minimum Gasteiger partial charge on any atom is -0.393 e. The summed E-state index contributed by atoms with van der Waals surface area (Å²) in [6.45, 7) is 5.93. The van der Waals surface area contributed by atoms with E-state index in [0.29, 0.717) is 13.2 Å². The number of aliphatic hydroxyl groups is 1. The number of likely N-dealkylation sites (tertiary alicyclic amines) is 1. The summed E-state index contributed by atoms with van der Waals surface area (Å²) in [5.74, 6) is -0.0551. The lowest BCUT2D eigenvalue weighted by atomic mass is 10.1. The molecule has 1 amide bonds. The van der Waals surface area contributed by atoms with Crippen molar-refractivity contribution in [1.29, 1.82) is 0 Å². The van der Waals surface area contributed by atoms with Crippen LogP contribution in [0, 0.1) is 0 Å². The molecular formula is C18H27N3O3. The van der Waals surface area contributed by atoms with Gasteiger partial charge in [0.15, 0.2) is 0 Å². The standard InChI is InChI=1S/C18H27N3O3/c1-13-17(19-7-10-24-13)18(23)20-15-4-2-3-14(11-15)12-21-8-5-16(22)6-9-21/h2-4,11,13,16-17,19,22H,5-10,12H2,1H3,(H,20,23)/t13-,17+/m1/s1. The highest BCUT2D eigenvalue weighted by Crippen LogP contribution is 2.17. The molecule has 132 valence electrons. The number of carbonyl (C=O) groups is 1. The van der Waals surface area contributed by atoms with Gasteiger partial charge in [-0.3, -0.25) is 9.69 Å². The van der Waals surface area contributed by atoms with Crippen LogP contribution in [0.5, 0.6) is 0 Å². The van der Waals surface area contributed by atoms with Crippen LogP contribution < -0.4 is 10.6 Å². The maximum atomic E-state index is 12.4. The third-order valence-electron chi connectivity index (χ3n) is 4.76. The van der Waals surface area contributed by atoms with E-state index in [9.17, 15) is 9.90 Å². The third-order valence-corrected chi connectivity index (χ3v) is 4.76. The summed E-state index contributed by atoms with van der Waals surface area (Å²) in [4.78, 5) is 14.8. The summed E-state index contributed by atoms with van der Waals surface area (Å²) in [7, 11) is 0. The van der Waals surface area contributed by atoms with Crippen LogP contribution in [0.1, 0.15) is 25.3 Å². The van der Waals surface area contributed by atoms with Gasteiger partial charge in [0.25, 0.3) is 0 Å². The van der Waals surface area contributed by atoms with Gasteiger partial charge in [-0.15, -0.1) is 0 Å². The van der Waals surface area contributed by atoms with E-state index in [0.717, 1.165) is 38.2 Å². The monoisotopic (exact) mass is 333 g/mol. The number of ether oxygens (including phenoxy) is 1. The second kappa shape index (κ2) is 8.07. The molecule has 2 aliphatic rings. The molecule has 3 N–H and O–H groups in total. The molecule has 2 fully saturated rings. The van der Waals surface area contributed by atoms with E-state index < -0.39 is 0 Å². The Hall–Kier alpha value is -1.47. The first-order valence-corrected chi connectivity index (χ1v) is 8.77. The number of rotatable bonds is 4. The Kier molecular flexibility index (Phi) is 5.84. The first kappa shape index (κ1) is 17.4. The molecule has 0 aliphatic carbocycles. The van der Waals surface area contributed by atoms with E-state index in [-0.39, 0.29) is 24.2 Å². The van der Waals surface area contributed by atoms with Crippen LogP contribution in [-0.4, -0.2) is 60.4 Å². The van der Waals surface area contributed by atoms with Crippen LogP contribution in [0.2, 0.25) is 0 Å². The summed E-state index contributed by atoms with van der Waals surface area (Å²) in [6.07, 6.45) is 1.39. The summed E-state index contributed by atoms with van der Waals surface area (Å²) < 4.78 is 5.53. The Bertz CT molecular complexity index is 558.